The van der Waals surface area contributed by atoms with Crippen LogP contribution in [-0.2, 0) is 19.1 Å². The smallest absolute Gasteiger partial charge is 0.306 e. The molecule has 5 fully saturated rings. The normalized spacial score (nSPS) is 52.0. The van der Waals surface area contributed by atoms with Gasteiger partial charge in [-0.1, -0.05) is 38.1 Å². The van der Waals surface area contributed by atoms with E-state index in [1.165, 1.54) is 12.0 Å². The Balaban J connectivity index is 1.44. The second-order valence-electron chi connectivity index (χ2n) is 11.7. The number of ketones is 1. The molecule has 1 heterocycles. The van der Waals surface area contributed by atoms with E-state index in [1.54, 1.807) is 11.8 Å². The molecule has 5 heteroatoms. The fourth-order valence-corrected chi connectivity index (χ4v) is 10.5. The maximum Gasteiger partial charge on any atom is 0.306 e. The Labute approximate surface area is 189 Å². The maximum atomic E-state index is 12.6. The minimum Gasteiger partial charge on any atom is -0.458 e. The van der Waals surface area contributed by atoms with Crippen molar-refractivity contribution in [3.63, 3.8) is 0 Å². The third-order valence-electron chi connectivity index (χ3n) is 10.7. The zero-order valence-electron chi connectivity index (χ0n) is 18.9. The Morgan fingerprint density at radius 2 is 1.97 bits per heavy atom. The van der Waals surface area contributed by atoms with Crippen molar-refractivity contribution in [2.24, 2.45) is 40.4 Å². The minimum atomic E-state index is -0.256. The summed E-state index contributed by atoms with van der Waals surface area (Å²) < 4.78 is 6.23. The molecule has 1 aliphatic heterocycles. The highest BCUT2D eigenvalue weighted by Gasteiger charge is 2.79. The van der Waals surface area contributed by atoms with Crippen molar-refractivity contribution < 1.29 is 19.1 Å². The zero-order chi connectivity index (χ0) is 21.8. The molecule has 0 aromatic carbocycles. The van der Waals surface area contributed by atoms with E-state index in [0.717, 1.165) is 32.1 Å². The van der Waals surface area contributed by atoms with E-state index in [9.17, 15) is 14.4 Å². The van der Waals surface area contributed by atoms with Gasteiger partial charge in [-0.05, 0) is 73.7 Å². The number of carbonyl (C=O) groups is 3. The fourth-order valence-electron chi connectivity index (χ4n) is 9.22. The molecule has 168 valence electrons. The van der Waals surface area contributed by atoms with Gasteiger partial charge < -0.3 is 4.74 Å². The van der Waals surface area contributed by atoms with Crippen LogP contribution in [0.5, 0.6) is 0 Å². The van der Waals surface area contributed by atoms with Crippen LogP contribution in [-0.4, -0.2) is 27.7 Å². The Morgan fingerprint density at radius 3 is 2.68 bits per heavy atom. The van der Waals surface area contributed by atoms with Crippen molar-refractivity contribution in [3.8, 4) is 0 Å². The van der Waals surface area contributed by atoms with Crippen LogP contribution in [0.4, 0.5) is 0 Å². The summed E-state index contributed by atoms with van der Waals surface area (Å²) in [6.07, 6.45) is 9.85. The van der Waals surface area contributed by atoms with Crippen LogP contribution in [0, 0.1) is 40.4 Å². The molecule has 6 aliphatic rings. The highest BCUT2D eigenvalue weighted by Crippen LogP contribution is 2.79. The van der Waals surface area contributed by atoms with Gasteiger partial charge in [0.25, 0.3) is 0 Å². The minimum absolute atomic E-state index is 0.00615. The van der Waals surface area contributed by atoms with Crippen LogP contribution in [0.2, 0.25) is 0 Å². The highest BCUT2D eigenvalue weighted by atomic mass is 32.2. The number of fused-ring (bicyclic) bond motifs is 9. The number of thioether (sulfide) groups is 1. The number of esters is 1. The van der Waals surface area contributed by atoms with Crippen LogP contribution in [0.3, 0.4) is 0 Å². The summed E-state index contributed by atoms with van der Waals surface area (Å²) in [6.45, 7) is 6.77. The summed E-state index contributed by atoms with van der Waals surface area (Å²) in [5, 5.41) is 0.524. The SMILES string of the molecule is CCC(=O)SC1CC2=CC(=O)CC[C@]2(C)C2CC[C@@]3(C)C(C4CC4[C@@]34CCC(=O)O4)C12. The van der Waals surface area contributed by atoms with Gasteiger partial charge in [0.05, 0.1) is 0 Å². The molecule has 6 unspecified atom stereocenters. The van der Waals surface area contributed by atoms with Crippen molar-refractivity contribution in [1.82, 2.24) is 0 Å². The van der Waals surface area contributed by atoms with Crippen molar-refractivity contribution >= 4 is 28.6 Å². The Morgan fingerprint density at radius 1 is 1.16 bits per heavy atom. The summed E-state index contributed by atoms with van der Waals surface area (Å²) in [4.78, 5) is 37.2. The van der Waals surface area contributed by atoms with Crippen LogP contribution in [0.1, 0.15) is 78.6 Å². The Kier molecular flexibility index (Phi) is 4.29. The molecule has 0 aromatic heterocycles. The van der Waals surface area contributed by atoms with E-state index < -0.39 is 0 Å². The lowest BCUT2D eigenvalue weighted by atomic mass is 9.45. The van der Waals surface area contributed by atoms with Gasteiger partial charge in [0.2, 0.25) is 0 Å². The average Bonchev–Trinajstić information content (AvgIpc) is 3.37. The molecule has 0 radical (unpaired) electrons. The number of allylic oxidation sites excluding steroid dienone is 1. The standard InChI is InChI=1S/C26H34O4S/c1-4-21(29)31-19-12-14-11-15(27)5-8-24(14,2)17-6-9-25(3)23(22(17)19)16-13-18(16)26(25)10-7-20(28)30-26/h11,16-19,22-23H,4-10,12-13H2,1-3H3/t16?,17?,18?,19?,22?,23?,24-,25-,26-/m0/s1. The number of hydrogen-bond acceptors (Lipinski definition) is 5. The molecule has 4 nitrogen and oxygen atoms in total. The third-order valence-corrected chi connectivity index (χ3v) is 12.0. The van der Waals surface area contributed by atoms with Gasteiger partial charge in [-0.2, -0.15) is 0 Å². The first kappa shape index (κ1) is 20.5. The summed E-state index contributed by atoms with van der Waals surface area (Å²) in [5.74, 6) is 2.95. The molecular formula is C26H34O4S. The lowest BCUT2D eigenvalue weighted by molar-refractivity contribution is -0.176. The molecule has 6 rings (SSSR count). The number of ether oxygens (including phenoxy) is 1. The van der Waals surface area contributed by atoms with Crippen LogP contribution in [0.25, 0.3) is 0 Å². The Bertz CT molecular complexity index is 909. The summed E-state index contributed by atoms with van der Waals surface area (Å²) in [6, 6.07) is 0. The van der Waals surface area contributed by atoms with Crippen molar-refractivity contribution in [2.45, 2.75) is 89.4 Å². The molecule has 0 amide bonds. The van der Waals surface area contributed by atoms with Gasteiger partial charge in [0, 0.05) is 35.8 Å². The second kappa shape index (κ2) is 6.48. The average molecular weight is 443 g/mol. The van der Waals surface area contributed by atoms with Crippen LogP contribution < -0.4 is 0 Å². The van der Waals surface area contributed by atoms with E-state index in [0.29, 0.717) is 48.9 Å². The van der Waals surface area contributed by atoms with E-state index in [-0.39, 0.29) is 38.5 Å². The molecule has 1 spiro atoms. The quantitative estimate of drug-likeness (QED) is 0.557. The van der Waals surface area contributed by atoms with E-state index >= 15 is 0 Å². The van der Waals surface area contributed by atoms with Gasteiger partial charge in [0.1, 0.15) is 5.60 Å². The molecule has 4 saturated carbocycles. The summed E-state index contributed by atoms with van der Waals surface area (Å²) in [5.41, 5.74) is 1.17. The molecule has 31 heavy (non-hydrogen) atoms. The number of rotatable bonds is 2. The molecule has 0 N–H and O–H groups in total. The first-order chi connectivity index (χ1) is 14.7. The molecular weight excluding hydrogens is 408 g/mol. The predicted octanol–water partition coefficient (Wildman–Crippen LogP) is 5.10. The van der Waals surface area contributed by atoms with Crippen molar-refractivity contribution in [2.75, 3.05) is 0 Å². The maximum absolute atomic E-state index is 12.6. The highest BCUT2D eigenvalue weighted by molar-refractivity contribution is 8.14. The molecule has 0 aromatic rings. The molecule has 9 atom stereocenters. The first-order valence-corrected chi connectivity index (χ1v) is 13.3. The van der Waals surface area contributed by atoms with Gasteiger partial charge >= 0.3 is 5.97 Å². The van der Waals surface area contributed by atoms with Gasteiger partial charge in [-0.3, -0.25) is 14.4 Å². The monoisotopic (exact) mass is 442 g/mol. The second-order valence-corrected chi connectivity index (χ2v) is 13.0. The van der Waals surface area contributed by atoms with Crippen LogP contribution >= 0.6 is 11.8 Å². The lowest BCUT2D eigenvalue weighted by Crippen LogP contribution is -2.59. The summed E-state index contributed by atoms with van der Waals surface area (Å²) >= 11 is 1.56. The Hall–Kier alpha value is -1.10. The first-order valence-electron chi connectivity index (χ1n) is 12.4. The third kappa shape index (κ3) is 2.53. The van der Waals surface area contributed by atoms with E-state index in [1.807, 2.05) is 13.0 Å². The zero-order valence-corrected chi connectivity index (χ0v) is 19.8. The molecule has 0 bridgehead atoms. The topological polar surface area (TPSA) is 60.4 Å². The molecule has 5 aliphatic carbocycles. The van der Waals surface area contributed by atoms with Crippen molar-refractivity contribution in [3.05, 3.63) is 11.6 Å². The molecule has 1 saturated heterocycles. The van der Waals surface area contributed by atoms with E-state index in [2.05, 4.69) is 13.8 Å². The van der Waals surface area contributed by atoms with E-state index in [4.69, 9.17) is 4.74 Å². The van der Waals surface area contributed by atoms with Crippen molar-refractivity contribution in [1.29, 1.82) is 0 Å². The van der Waals surface area contributed by atoms with Gasteiger partial charge in [-0.25, -0.2) is 0 Å². The number of hydrogen-bond donors (Lipinski definition) is 0. The van der Waals surface area contributed by atoms with Crippen LogP contribution in [0.15, 0.2) is 11.6 Å². The predicted molar refractivity (Wildman–Crippen MR) is 119 cm³/mol. The fraction of sp³-hybridized carbons (Fsp3) is 0.808. The lowest BCUT2D eigenvalue weighted by Gasteiger charge is -2.62. The number of carbonyl (C=O) groups excluding carboxylic acids is 3. The van der Waals surface area contributed by atoms with Gasteiger partial charge in [0.15, 0.2) is 10.9 Å². The van der Waals surface area contributed by atoms with Gasteiger partial charge in [-0.15, -0.1) is 0 Å². The summed E-state index contributed by atoms with van der Waals surface area (Å²) in [7, 11) is 0. The largest absolute Gasteiger partial charge is 0.458 e.